The quantitative estimate of drug-likeness (QED) is 0.669. The fraction of sp³-hybridized carbons (Fsp3) is 0.556. The summed E-state index contributed by atoms with van der Waals surface area (Å²) in [6.45, 7) is 5.63. The molecule has 1 aromatic rings. The van der Waals surface area contributed by atoms with E-state index in [4.69, 9.17) is 11.6 Å². The van der Waals surface area contributed by atoms with Gasteiger partial charge < -0.3 is 10.6 Å². The van der Waals surface area contributed by atoms with E-state index in [-0.39, 0.29) is 30.3 Å². The number of unbranched alkanes of at least 4 members (excludes halogenated alkanes) is 2. The fourth-order valence-corrected chi connectivity index (χ4v) is 2.61. The van der Waals surface area contributed by atoms with Gasteiger partial charge in [0, 0.05) is 18.0 Å². The first kappa shape index (κ1) is 19.5. The van der Waals surface area contributed by atoms with E-state index in [0.29, 0.717) is 5.02 Å². The Morgan fingerprint density at radius 3 is 2.35 bits per heavy atom. The molecule has 2 N–H and O–H groups in total. The van der Waals surface area contributed by atoms with Gasteiger partial charge in [-0.15, -0.1) is 0 Å². The van der Waals surface area contributed by atoms with Gasteiger partial charge in [0.2, 0.25) is 11.8 Å². The van der Waals surface area contributed by atoms with E-state index in [0.717, 1.165) is 18.4 Å². The maximum Gasteiger partial charge on any atom is 0.222 e. The molecule has 0 spiro atoms. The zero-order valence-corrected chi connectivity index (χ0v) is 15.0. The molecule has 0 heterocycles. The highest BCUT2D eigenvalue weighted by Gasteiger charge is 2.18. The van der Waals surface area contributed by atoms with Gasteiger partial charge in [0.05, 0.1) is 12.5 Å². The standard InChI is InChI=1S/C18H27ClN2O2/c1-4-5-6-7-13(2)20-18(23)12-17(21-14(3)22)15-8-10-16(19)11-9-15/h8-11,13,17H,4-7,12H2,1-3H3,(H,20,23)(H,21,22). The van der Waals surface area contributed by atoms with Crippen LogP contribution in [0.25, 0.3) is 0 Å². The van der Waals surface area contributed by atoms with Crippen molar-refractivity contribution in [1.82, 2.24) is 10.6 Å². The molecule has 5 heteroatoms. The van der Waals surface area contributed by atoms with Gasteiger partial charge in [0.1, 0.15) is 0 Å². The molecule has 2 amide bonds. The Kier molecular flexibility index (Phi) is 8.70. The highest BCUT2D eigenvalue weighted by molar-refractivity contribution is 6.30. The Balaban J connectivity index is 2.60. The number of amides is 2. The van der Waals surface area contributed by atoms with Crippen molar-refractivity contribution < 1.29 is 9.59 Å². The van der Waals surface area contributed by atoms with Crippen molar-refractivity contribution >= 4 is 23.4 Å². The van der Waals surface area contributed by atoms with Crippen molar-refractivity contribution in [2.45, 2.75) is 65.0 Å². The van der Waals surface area contributed by atoms with Crippen molar-refractivity contribution in [3.05, 3.63) is 34.9 Å². The second-order valence-electron chi connectivity index (χ2n) is 5.97. The summed E-state index contributed by atoms with van der Waals surface area (Å²) in [5, 5.41) is 6.47. The smallest absolute Gasteiger partial charge is 0.222 e. The lowest BCUT2D eigenvalue weighted by Crippen LogP contribution is -2.36. The number of halogens is 1. The van der Waals surface area contributed by atoms with Crippen molar-refractivity contribution in [2.75, 3.05) is 0 Å². The third-order valence-electron chi connectivity index (χ3n) is 3.69. The predicted molar refractivity (Wildman–Crippen MR) is 94.4 cm³/mol. The fourth-order valence-electron chi connectivity index (χ4n) is 2.48. The third kappa shape index (κ3) is 8.03. The van der Waals surface area contributed by atoms with Gasteiger partial charge >= 0.3 is 0 Å². The van der Waals surface area contributed by atoms with Crippen LogP contribution in [0.5, 0.6) is 0 Å². The van der Waals surface area contributed by atoms with Crippen molar-refractivity contribution in [2.24, 2.45) is 0 Å². The van der Waals surface area contributed by atoms with E-state index in [1.165, 1.54) is 19.8 Å². The third-order valence-corrected chi connectivity index (χ3v) is 3.94. The van der Waals surface area contributed by atoms with Gasteiger partial charge in [-0.2, -0.15) is 0 Å². The molecule has 128 valence electrons. The van der Waals surface area contributed by atoms with Crippen LogP contribution >= 0.6 is 11.6 Å². The number of carbonyl (C=O) groups excluding carboxylic acids is 2. The van der Waals surface area contributed by atoms with Crippen LogP contribution in [0.4, 0.5) is 0 Å². The minimum atomic E-state index is -0.340. The van der Waals surface area contributed by atoms with Crippen LogP contribution < -0.4 is 10.6 Å². The summed E-state index contributed by atoms with van der Waals surface area (Å²) in [5.74, 6) is -0.212. The van der Waals surface area contributed by atoms with Gasteiger partial charge in [-0.25, -0.2) is 0 Å². The maximum absolute atomic E-state index is 12.2. The molecule has 1 aromatic carbocycles. The lowest BCUT2D eigenvalue weighted by molar-refractivity contribution is -0.123. The number of hydrogen-bond donors (Lipinski definition) is 2. The van der Waals surface area contributed by atoms with Gasteiger partial charge in [-0.1, -0.05) is 49.9 Å². The van der Waals surface area contributed by atoms with Gasteiger partial charge in [-0.05, 0) is 31.0 Å². The Labute approximate surface area is 144 Å². The van der Waals surface area contributed by atoms with Gasteiger partial charge in [0.25, 0.3) is 0 Å². The first-order valence-electron chi connectivity index (χ1n) is 8.24. The molecule has 0 saturated heterocycles. The minimum Gasteiger partial charge on any atom is -0.354 e. The Morgan fingerprint density at radius 1 is 1.13 bits per heavy atom. The molecule has 0 aliphatic carbocycles. The molecule has 23 heavy (non-hydrogen) atoms. The molecular formula is C18H27ClN2O2. The minimum absolute atomic E-state index is 0.0531. The highest BCUT2D eigenvalue weighted by Crippen LogP contribution is 2.19. The number of benzene rings is 1. The van der Waals surface area contributed by atoms with Crippen LogP contribution in [-0.2, 0) is 9.59 Å². The summed E-state index contributed by atoms with van der Waals surface area (Å²) < 4.78 is 0. The van der Waals surface area contributed by atoms with Gasteiger partial charge in [-0.3, -0.25) is 9.59 Å². The van der Waals surface area contributed by atoms with Crippen molar-refractivity contribution in [3.8, 4) is 0 Å². The number of carbonyl (C=O) groups is 2. The van der Waals surface area contributed by atoms with E-state index in [1.54, 1.807) is 12.1 Å². The van der Waals surface area contributed by atoms with Crippen LogP contribution in [0.15, 0.2) is 24.3 Å². The second kappa shape index (κ2) is 10.3. The normalized spacial score (nSPS) is 13.2. The molecule has 2 atom stereocenters. The first-order valence-corrected chi connectivity index (χ1v) is 8.62. The van der Waals surface area contributed by atoms with Crippen LogP contribution in [0.1, 0.15) is 64.5 Å². The summed E-state index contributed by atoms with van der Waals surface area (Å²) >= 11 is 5.89. The lowest BCUT2D eigenvalue weighted by Gasteiger charge is -2.20. The van der Waals surface area contributed by atoms with Gasteiger partial charge in [0.15, 0.2) is 0 Å². The molecule has 2 unspecified atom stereocenters. The van der Waals surface area contributed by atoms with Crippen LogP contribution in [-0.4, -0.2) is 17.9 Å². The van der Waals surface area contributed by atoms with Crippen LogP contribution in [0, 0.1) is 0 Å². The Bertz CT molecular complexity index is 502. The average molecular weight is 339 g/mol. The molecule has 4 nitrogen and oxygen atoms in total. The van der Waals surface area contributed by atoms with Crippen LogP contribution in [0.2, 0.25) is 5.02 Å². The number of nitrogens with one attached hydrogen (secondary N) is 2. The SMILES string of the molecule is CCCCCC(C)NC(=O)CC(NC(C)=O)c1ccc(Cl)cc1. The van der Waals surface area contributed by atoms with E-state index in [9.17, 15) is 9.59 Å². The lowest BCUT2D eigenvalue weighted by atomic mass is 10.0. The predicted octanol–water partition coefficient (Wildman–Crippen LogP) is 3.99. The summed E-state index contributed by atoms with van der Waals surface area (Å²) in [7, 11) is 0. The van der Waals surface area contributed by atoms with E-state index in [1.807, 2.05) is 19.1 Å². The zero-order chi connectivity index (χ0) is 17.2. The molecule has 0 aromatic heterocycles. The van der Waals surface area contributed by atoms with E-state index in [2.05, 4.69) is 17.6 Å². The van der Waals surface area contributed by atoms with E-state index < -0.39 is 0 Å². The topological polar surface area (TPSA) is 58.2 Å². The largest absolute Gasteiger partial charge is 0.354 e. The Morgan fingerprint density at radius 2 is 1.78 bits per heavy atom. The highest BCUT2D eigenvalue weighted by atomic mass is 35.5. The number of rotatable bonds is 9. The molecule has 1 rings (SSSR count). The van der Waals surface area contributed by atoms with E-state index >= 15 is 0 Å². The molecule has 0 aliphatic rings. The molecule has 0 saturated carbocycles. The van der Waals surface area contributed by atoms with Crippen LogP contribution in [0.3, 0.4) is 0 Å². The molecule has 0 radical (unpaired) electrons. The molecule has 0 bridgehead atoms. The summed E-state index contributed by atoms with van der Waals surface area (Å²) in [6.07, 6.45) is 4.66. The monoisotopic (exact) mass is 338 g/mol. The zero-order valence-electron chi connectivity index (χ0n) is 14.2. The van der Waals surface area contributed by atoms with Crippen molar-refractivity contribution in [1.29, 1.82) is 0 Å². The molecule has 0 aliphatic heterocycles. The van der Waals surface area contributed by atoms with Crippen molar-refractivity contribution in [3.63, 3.8) is 0 Å². The second-order valence-corrected chi connectivity index (χ2v) is 6.41. The average Bonchev–Trinajstić information content (AvgIpc) is 2.47. The first-order chi connectivity index (χ1) is 10.9. The summed E-state index contributed by atoms with van der Waals surface area (Å²) in [5.41, 5.74) is 0.874. The molecule has 0 fully saturated rings. The maximum atomic E-state index is 12.2. The summed E-state index contributed by atoms with van der Waals surface area (Å²) in [4.78, 5) is 23.6. The number of hydrogen-bond acceptors (Lipinski definition) is 2. The Hall–Kier alpha value is -1.55. The molecular weight excluding hydrogens is 312 g/mol. The summed E-state index contributed by atoms with van der Waals surface area (Å²) in [6, 6.07) is 7.00.